The minimum Gasteiger partial charge on any atom is -0.515 e. The van der Waals surface area contributed by atoms with Crippen molar-refractivity contribution in [1.82, 2.24) is 0 Å². The molecule has 40 valence electrons. The van der Waals surface area contributed by atoms with Crippen molar-refractivity contribution in [2.24, 2.45) is 0 Å². The summed E-state index contributed by atoms with van der Waals surface area (Å²) in [5.74, 6) is -0.0532. The molecule has 2 heteroatoms. The van der Waals surface area contributed by atoms with Crippen LogP contribution < -0.4 is 0 Å². The van der Waals surface area contributed by atoms with E-state index in [4.69, 9.17) is 5.11 Å². The van der Waals surface area contributed by atoms with E-state index in [0.29, 0.717) is 6.42 Å². The third-order valence-corrected chi connectivity index (χ3v) is 0.609. The molecule has 0 atom stereocenters. The van der Waals surface area contributed by atoms with Crippen LogP contribution in [0.2, 0.25) is 0 Å². The summed E-state index contributed by atoms with van der Waals surface area (Å²) in [4.78, 5) is 10.2. The fourth-order valence-corrected chi connectivity index (χ4v) is 0.201. The lowest BCUT2D eigenvalue weighted by Crippen LogP contribution is -1.85. The summed E-state index contributed by atoms with van der Waals surface area (Å²) >= 11 is 0. The van der Waals surface area contributed by atoms with Crippen molar-refractivity contribution in [1.29, 1.82) is 0 Å². The highest BCUT2D eigenvalue weighted by Crippen LogP contribution is 1.79. The van der Waals surface area contributed by atoms with E-state index in [1.54, 1.807) is 6.92 Å². The Labute approximate surface area is 42.5 Å². The first-order valence-corrected chi connectivity index (χ1v) is 2.14. The average Bonchev–Trinajstić information content (AvgIpc) is 1.68. The van der Waals surface area contributed by atoms with E-state index >= 15 is 0 Å². The predicted octanol–water partition coefficient (Wildman–Crippen LogP) is 1.04. The van der Waals surface area contributed by atoms with Crippen molar-refractivity contribution in [3.05, 3.63) is 12.3 Å². The Kier molecular flexibility index (Phi) is 3.02. The molecule has 0 aromatic carbocycles. The molecular formula is C5H8O2. The van der Waals surface area contributed by atoms with Crippen molar-refractivity contribution >= 4 is 5.78 Å². The van der Waals surface area contributed by atoms with Crippen molar-refractivity contribution < 1.29 is 9.90 Å². The molecule has 0 rings (SSSR count). The molecule has 0 fully saturated rings. The molecule has 1 N–H and O–H groups in total. The molecule has 0 aromatic rings. The van der Waals surface area contributed by atoms with Crippen LogP contribution >= 0.6 is 0 Å². The Morgan fingerprint density at radius 1 is 1.86 bits per heavy atom. The van der Waals surface area contributed by atoms with E-state index in [9.17, 15) is 4.79 Å². The number of rotatable bonds is 2. The van der Waals surface area contributed by atoms with Crippen molar-refractivity contribution in [3.8, 4) is 0 Å². The molecule has 0 aliphatic carbocycles. The lowest BCUT2D eigenvalue weighted by Gasteiger charge is -1.77. The second-order valence-corrected chi connectivity index (χ2v) is 1.14. The summed E-state index contributed by atoms with van der Waals surface area (Å²) < 4.78 is 0. The minimum atomic E-state index is -0.0532. The number of hydrogen-bond acceptors (Lipinski definition) is 2. The van der Waals surface area contributed by atoms with Crippen LogP contribution in [-0.2, 0) is 4.79 Å². The molecule has 0 bridgehead atoms. The van der Waals surface area contributed by atoms with Crippen molar-refractivity contribution in [2.45, 2.75) is 13.3 Å². The summed E-state index contributed by atoms with van der Waals surface area (Å²) in [6.07, 6.45) is 2.35. The third kappa shape index (κ3) is 3.03. The third-order valence-electron chi connectivity index (χ3n) is 0.609. The molecule has 0 heterocycles. The maximum Gasteiger partial charge on any atom is 0.158 e. The van der Waals surface area contributed by atoms with Crippen LogP contribution in [-0.4, -0.2) is 10.9 Å². The van der Waals surface area contributed by atoms with Gasteiger partial charge < -0.3 is 5.11 Å². The number of aliphatic hydroxyl groups is 1. The van der Waals surface area contributed by atoms with Gasteiger partial charge in [0.25, 0.3) is 0 Å². The Hall–Kier alpha value is -0.790. The van der Waals surface area contributed by atoms with Gasteiger partial charge >= 0.3 is 0 Å². The molecular weight excluding hydrogens is 92.1 g/mol. The van der Waals surface area contributed by atoms with Gasteiger partial charge in [-0.2, -0.15) is 0 Å². The number of ketones is 1. The first kappa shape index (κ1) is 6.21. The van der Waals surface area contributed by atoms with E-state index in [-0.39, 0.29) is 5.78 Å². The standard InChI is InChI=1S/C5H8O2/c1-2-5(7)3-4-6/h3-4,6H,2H2,1H3/b4-3+. The molecule has 0 aliphatic heterocycles. The normalized spacial score (nSPS) is 9.86. The molecule has 2 nitrogen and oxygen atoms in total. The Morgan fingerprint density at radius 3 is 2.57 bits per heavy atom. The zero-order valence-corrected chi connectivity index (χ0v) is 4.22. The Bertz CT molecular complexity index is 84.1. The fourth-order valence-electron chi connectivity index (χ4n) is 0.201. The lowest BCUT2D eigenvalue weighted by molar-refractivity contribution is -0.114. The summed E-state index contributed by atoms with van der Waals surface area (Å²) in [6.45, 7) is 1.74. The maximum atomic E-state index is 10.2. The highest BCUT2D eigenvalue weighted by Gasteiger charge is 1.85. The van der Waals surface area contributed by atoms with Gasteiger partial charge in [0, 0.05) is 12.5 Å². The monoisotopic (exact) mass is 100 g/mol. The van der Waals surface area contributed by atoms with E-state index in [0.717, 1.165) is 12.3 Å². The van der Waals surface area contributed by atoms with E-state index < -0.39 is 0 Å². The number of carbonyl (C=O) groups is 1. The van der Waals surface area contributed by atoms with Crippen molar-refractivity contribution in [2.75, 3.05) is 0 Å². The van der Waals surface area contributed by atoms with Gasteiger partial charge in [0.1, 0.15) is 0 Å². The molecule has 7 heavy (non-hydrogen) atoms. The molecule has 0 aromatic heterocycles. The largest absolute Gasteiger partial charge is 0.515 e. The Balaban J connectivity index is 3.37. The molecule has 0 spiro atoms. The van der Waals surface area contributed by atoms with Crippen molar-refractivity contribution in [3.63, 3.8) is 0 Å². The van der Waals surface area contributed by atoms with Crippen LogP contribution in [0.3, 0.4) is 0 Å². The van der Waals surface area contributed by atoms with E-state index in [1.807, 2.05) is 0 Å². The van der Waals surface area contributed by atoms with Crippen LogP contribution in [0.5, 0.6) is 0 Å². The molecule has 0 amide bonds. The quantitative estimate of drug-likeness (QED) is 0.415. The van der Waals surface area contributed by atoms with Crippen LogP contribution in [0.15, 0.2) is 12.3 Å². The zero-order chi connectivity index (χ0) is 5.70. The summed E-state index contributed by atoms with van der Waals surface area (Å²) in [5, 5.41) is 7.97. The topological polar surface area (TPSA) is 37.3 Å². The summed E-state index contributed by atoms with van der Waals surface area (Å²) in [5.41, 5.74) is 0. The van der Waals surface area contributed by atoms with E-state index in [2.05, 4.69) is 0 Å². The Morgan fingerprint density at radius 2 is 2.43 bits per heavy atom. The van der Waals surface area contributed by atoms with Gasteiger partial charge in [-0.25, -0.2) is 0 Å². The lowest BCUT2D eigenvalue weighted by atomic mass is 10.3. The predicted molar refractivity (Wildman–Crippen MR) is 27.1 cm³/mol. The first-order chi connectivity index (χ1) is 3.31. The van der Waals surface area contributed by atoms with E-state index in [1.165, 1.54) is 0 Å². The molecule has 0 radical (unpaired) electrons. The first-order valence-electron chi connectivity index (χ1n) is 2.14. The zero-order valence-electron chi connectivity index (χ0n) is 4.22. The van der Waals surface area contributed by atoms with Gasteiger partial charge in [-0.05, 0) is 0 Å². The highest BCUT2D eigenvalue weighted by atomic mass is 16.2. The van der Waals surface area contributed by atoms with Crippen LogP contribution in [0.1, 0.15) is 13.3 Å². The SMILES string of the molecule is CCC(=O)/C=C/O. The molecule has 0 saturated heterocycles. The number of hydrogen-bond donors (Lipinski definition) is 1. The van der Waals surface area contributed by atoms with Gasteiger partial charge in [-0.1, -0.05) is 6.92 Å². The van der Waals surface area contributed by atoms with Gasteiger partial charge in [0.15, 0.2) is 5.78 Å². The number of allylic oxidation sites excluding steroid dienone is 1. The minimum absolute atomic E-state index is 0.0532. The molecule has 0 aliphatic rings. The van der Waals surface area contributed by atoms with Gasteiger partial charge in [0.2, 0.25) is 0 Å². The molecule has 0 unspecified atom stereocenters. The smallest absolute Gasteiger partial charge is 0.158 e. The van der Waals surface area contributed by atoms with Crippen LogP contribution in [0.4, 0.5) is 0 Å². The highest BCUT2D eigenvalue weighted by molar-refractivity contribution is 5.88. The second kappa shape index (κ2) is 3.40. The van der Waals surface area contributed by atoms with Gasteiger partial charge in [-0.15, -0.1) is 0 Å². The van der Waals surface area contributed by atoms with Crippen LogP contribution in [0.25, 0.3) is 0 Å². The molecule has 0 saturated carbocycles. The second-order valence-electron chi connectivity index (χ2n) is 1.14. The van der Waals surface area contributed by atoms with Gasteiger partial charge in [0.05, 0.1) is 6.26 Å². The number of aliphatic hydroxyl groups excluding tert-OH is 1. The summed E-state index contributed by atoms with van der Waals surface area (Å²) in [7, 11) is 0. The fraction of sp³-hybridized carbons (Fsp3) is 0.400. The maximum absolute atomic E-state index is 10.2. The van der Waals surface area contributed by atoms with Gasteiger partial charge in [-0.3, -0.25) is 4.79 Å². The number of carbonyl (C=O) groups excluding carboxylic acids is 1. The van der Waals surface area contributed by atoms with Crippen LogP contribution in [0, 0.1) is 0 Å². The average molecular weight is 100 g/mol. The summed E-state index contributed by atoms with van der Waals surface area (Å²) in [6, 6.07) is 0.